The summed E-state index contributed by atoms with van der Waals surface area (Å²) in [6.45, 7) is 1.18. The summed E-state index contributed by atoms with van der Waals surface area (Å²) < 4.78 is 33.2. The molecule has 0 unspecified atom stereocenters. The summed E-state index contributed by atoms with van der Waals surface area (Å²) >= 11 is 0. The molecule has 1 heterocycles. The minimum absolute atomic E-state index is 0.474. The second-order valence-electron chi connectivity index (χ2n) is 3.91. The molecule has 1 aromatic rings. The number of hydrogen-bond acceptors (Lipinski definition) is 3. The Bertz CT molecular complexity index is 481. The molecule has 0 spiro atoms. The Morgan fingerprint density at radius 1 is 1.24 bits per heavy atom. The molecule has 1 fully saturated rings. The monoisotopic (exact) mass is 256 g/mol. The molecule has 0 aliphatic carbocycles. The van der Waals surface area contributed by atoms with Crippen LogP contribution in [-0.4, -0.2) is 32.9 Å². The van der Waals surface area contributed by atoms with Gasteiger partial charge >= 0.3 is 10.2 Å². The maximum Gasteiger partial charge on any atom is 0.301 e. The standard InChI is InChI=1S/C11H16N2O3S/c1-16-11-7-3-2-6-10(11)12-17(14,15)13-8-4-5-9-13/h2-3,6-7,12H,4-5,8-9H2,1H3. The Morgan fingerprint density at radius 2 is 1.88 bits per heavy atom. The SMILES string of the molecule is COc1ccccc1NS(=O)(=O)N1CCCC1. The molecule has 5 nitrogen and oxygen atoms in total. The van der Waals surface area contributed by atoms with Crippen LogP contribution < -0.4 is 9.46 Å². The average molecular weight is 256 g/mol. The van der Waals surface area contributed by atoms with E-state index in [0.717, 1.165) is 12.8 Å². The average Bonchev–Trinajstić information content (AvgIpc) is 2.83. The minimum atomic E-state index is -3.44. The molecule has 1 aromatic carbocycles. The highest BCUT2D eigenvalue weighted by Crippen LogP contribution is 2.25. The molecule has 1 saturated heterocycles. The van der Waals surface area contributed by atoms with E-state index in [1.165, 1.54) is 11.4 Å². The van der Waals surface area contributed by atoms with Gasteiger partial charge in [0.2, 0.25) is 0 Å². The highest BCUT2D eigenvalue weighted by Gasteiger charge is 2.25. The van der Waals surface area contributed by atoms with Crippen LogP contribution in [0, 0.1) is 0 Å². The Labute approximate surface area is 102 Å². The van der Waals surface area contributed by atoms with Gasteiger partial charge < -0.3 is 4.74 Å². The van der Waals surface area contributed by atoms with Crippen molar-refractivity contribution in [2.24, 2.45) is 0 Å². The number of methoxy groups -OCH3 is 1. The fraction of sp³-hybridized carbons (Fsp3) is 0.455. The molecular weight excluding hydrogens is 240 g/mol. The normalized spacial score (nSPS) is 17.0. The maximum atomic E-state index is 12.0. The van der Waals surface area contributed by atoms with E-state index in [0.29, 0.717) is 24.5 Å². The molecule has 0 bridgehead atoms. The van der Waals surface area contributed by atoms with Crippen molar-refractivity contribution < 1.29 is 13.2 Å². The quantitative estimate of drug-likeness (QED) is 0.887. The number of benzene rings is 1. The molecule has 94 valence electrons. The third kappa shape index (κ3) is 2.70. The summed E-state index contributed by atoms with van der Waals surface area (Å²) in [7, 11) is -1.93. The summed E-state index contributed by atoms with van der Waals surface area (Å²) in [5, 5.41) is 0. The number of rotatable bonds is 4. The van der Waals surface area contributed by atoms with Gasteiger partial charge in [-0.05, 0) is 25.0 Å². The molecule has 6 heteroatoms. The molecule has 0 amide bonds. The molecule has 0 radical (unpaired) electrons. The highest BCUT2D eigenvalue weighted by molar-refractivity contribution is 7.90. The topological polar surface area (TPSA) is 58.6 Å². The van der Waals surface area contributed by atoms with Gasteiger partial charge in [-0.15, -0.1) is 0 Å². The van der Waals surface area contributed by atoms with Crippen molar-refractivity contribution in [3.05, 3.63) is 24.3 Å². The van der Waals surface area contributed by atoms with Crippen molar-refractivity contribution in [3.8, 4) is 5.75 Å². The molecule has 0 atom stereocenters. The lowest BCUT2D eigenvalue weighted by atomic mass is 10.3. The molecule has 2 rings (SSSR count). The van der Waals surface area contributed by atoms with Crippen LogP contribution in [-0.2, 0) is 10.2 Å². The number of ether oxygens (including phenoxy) is 1. The van der Waals surface area contributed by atoms with Gasteiger partial charge in [0.15, 0.2) is 0 Å². The van der Waals surface area contributed by atoms with E-state index in [-0.39, 0.29) is 0 Å². The number of nitrogens with zero attached hydrogens (tertiary/aromatic N) is 1. The summed E-state index contributed by atoms with van der Waals surface area (Å²) in [5.74, 6) is 0.523. The molecule has 1 aliphatic rings. The van der Waals surface area contributed by atoms with E-state index in [1.807, 2.05) is 0 Å². The Morgan fingerprint density at radius 3 is 2.53 bits per heavy atom. The van der Waals surface area contributed by atoms with Crippen molar-refractivity contribution in [2.75, 3.05) is 24.9 Å². The van der Waals surface area contributed by atoms with Crippen LogP contribution in [0.2, 0.25) is 0 Å². The van der Waals surface area contributed by atoms with E-state index in [4.69, 9.17) is 4.74 Å². The predicted octanol–water partition coefficient (Wildman–Crippen LogP) is 1.45. The van der Waals surface area contributed by atoms with Gasteiger partial charge in [0.1, 0.15) is 5.75 Å². The van der Waals surface area contributed by atoms with Crippen LogP contribution in [0.1, 0.15) is 12.8 Å². The van der Waals surface area contributed by atoms with Crippen LogP contribution >= 0.6 is 0 Å². The Kier molecular flexibility index (Phi) is 3.54. The zero-order valence-corrected chi connectivity index (χ0v) is 10.5. The molecule has 17 heavy (non-hydrogen) atoms. The van der Waals surface area contributed by atoms with Gasteiger partial charge in [-0.3, -0.25) is 4.72 Å². The Hall–Kier alpha value is -1.27. The second-order valence-corrected chi connectivity index (χ2v) is 5.58. The van der Waals surface area contributed by atoms with Crippen molar-refractivity contribution in [1.29, 1.82) is 0 Å². The van der Waals surface area contributed by atoms with Crippen LogP contribution in [0.25, 0.3) is 0 Å². The summed E-state index contributed by atoms with van der Waals surface area (Å²) in [6.07, 6.45) is 1.85. The van der Waals surface area contributed by atoms with Crippen molar-refractivity contribution in [1.82, 2.24) is 4.31 Å². The highest BCUT2D eigenvalue weighted by atomic mass is 32.2. The van der Waals surface area contributed by atoms with Crippen molar-refractivity contribution >= 4 is 15.9 Å². The lowest BCUT2D eigenvalue weighted by Crippen LogP contribution is -2.33. The van der Waals surface area contributed by atoms with Crippen LogP contribution in [0.4, 0.5) is 5.69 Å². The third-order valence-corrected chi connectivity index (χ3v) is 4.27. The zero-order valence-electron chi connectivity index (χ0n) is 9.72. The second kappa shape index (κ2) is 4.93. The van der Waals surface area contributed by atoms with Gasteiger partial charge in [-0.2, -0.15) is 12.7 Å². The van der Waals surface area contributed by atoms with Gasteiger partial charge in [0, 0.05) is 13.1 Å². The van der Waals surface area contributed by atoms with E-state index < -0.39 is 10.2 Å². The van der Waals surface area contributed by atoms with Crippen LogP contribution in [0.3, 0.4) is 0 Å². The first-order chi connectivity index (χ1) is 8.13. The molecular formula is C11H16N2O3S. The van der Waals surface area contributed by atoms with Crippen LogP contribution in [0.5, 0.6) is 5.75 Å². The van der Waals surface area contributed by atoms with Gasteiger partial charge in [0.05, 0.1) is 12.8 Å². The number of nitrogens with one attached hydrogen (secondary N) is 1. The maximum absolute atomic E-state index is 12.0. The minimum Gasteiger partial charge on any atom is -0.495 e. The van der Waals surface area contributed by atoms with Crippen LogP contribution in [0.15, 0.2) is 24.3 Å². The summed E-state index contributed by atoms with van der Waals surface area (Å²) in [5.41, 5.74) is 0.474. The lowest BCUT2D eigenvalue weighted by Gasteiger charge is -2.18. The van der Waals surface area contributed by atoms with Gasteiger partial charge in [-0.1, -0.05) is 12.1 Å². The zero-order chi connectivity index (χ0) is 12.3. The fourth-order valence-corrected chi connectivity index (χ4v) is 3.18. The molecule has 1 N–H and O–H groups in total. The number of para-hydroxylation sites is 2. The first-order valence-corrected chi connectivity index (χ1v) is 6.98. The smallest absolute Gasteiger partial charge is 0.301 e. The number of anilines is 1. The van der Waals surface area contributed by atoms with Gasteiger partial charge in [-0.25, -0.2) is 0 Å². The van der Waals surface area contributed by atoms with Crippen molar-refractivity contribution in [3.63, 3.8) is 0 Å². The van der Waals surface area contributed by atoms with E-state index in [2.05, 4.69) is 4.72 Å². The summed E-state index contributed by atoms with van der Waals surface area (Å²) in [6, 6.07) is 6.98. The first-order valence-electron chi connectivity index (χ1n) is 5.54. The predicted molar refractivity (Wildman–Crippen MR) is 66.3 cm³/mol. The van der Waals surface area contributed by atoms with Crippen molar-refractivity contribution in [2.45, 2.75) is 12.8 Å². The summed E-state index contributed by atoms with van der Waals surface area (Å²) in [4.78, 5) is 0. The van der Waals surface area contributed by atoms with E-state index >= 15 is 0 Å². The molecule has 0 saturated carbocycles. The molecule has 0 aromatic heterocycles. The van der Waals surface area contributed by atoms with Gasteiger partial charge in [0.25, 0.3) is 0 Å². The lowest BCUT2D eigenvalue weighted by molar-refractivity contribution is 0.416. The van der Waals surface area contributed by atoms with E-state index in [1.54, 1.807) is 24.3 Å². The number of hydrogen-bond donors (Lipinski definition) is 1. The molecule has 1 aliphatic heterocycles. The third-order valence-electron chi connectivity index (χ3n) is 2.75. The Balaban J connectivity index is 2.19. The first kappa shape index (κ1) is 12.2. The largest absolute Gasteiger partial charge is 0.495 e. The van der Waals surface area contributed by atoms with E-state index in [9.17, 15) is 8.42 Å². The fourth-order valence-electron chi connectivity index (χ4n) is 1.86.